The van der Waals surface area contributed by atoms with E-state index in [4.69, 9.17) is 14.5 Å². The molecule has 1 atom stereocenters. The highest BCUT2D eigenvalue weighted by Gasteiger charge is 2.29. The number of amides is 1. The number of aromatic nitrogens is 2. The van der Waals surface area contributed by atoms with E-state index in [1.54, 1.807) is 30.5 Å². The van der Waals surface area contributed by atoms with Crippen LogP contribution < -0.4 is 10.6 Å². The third kappa shape index (κ3) is 4.92. The Hall–Kier alpha value is -3.39. The maximum Gasteiger partial charge on any atom is 0.356 e. The molecule has 3 heterocycles. The van der Waals surface area contributed by atoms with Crippen LogP contribution in [-0.4, -0.2) is 47.3 Å². The summed E-state index contributed by atoms with van der Waals surface area (Å²) in [6.07, 6.45) is 5.57. The summed E-state index contributed by atoms with van der Waals surface area (Å²) in [5.41, 5.74) is 2.60. The molecule has 1 aromatic carbocycles. The molecule has 0 spiro atoms. The number of nitrogens with one attached hydrogen (secondary N) is 2. The smallest absolute Gasteiger partial charge is 0.356 e. The lowest BCUT2D eigenvalue weighted by atomic mass is 10.1. The zero-order valence-corrected chi connectivity index (χ0v) is 20.0. The van der Waals surface area contributed by atoms with Crippen molar-refractivity contribution in [1.29, 1.82) is 0 Å². The van der Waals surface area contributed by atoms with E-state index in [9.17, 15) is 9.59 Å². The number of hydrogen-bond acceptors (Lipinski definition) is 6. The molecule has 8 heteroatoms. The van der Waals surface area contributed by atoms with Crippen LogP contribution in [0.3, 0.4) is 0 Å². The molecule has 0 aliphatic carbocycles. The van der Waals surface area contributed by atoms with Gasteiger partial charge in [0, 0.05) is 23.6 Å². The molecule has 0 unspecified atom stereocenters. The van der Waals surface area contributed by atoms with Crippen molar-refractivity contribution in [1.82, 2.24) is 9.55 Å². The normalized spacial score (nSPS) is 15.6. The number of ether oxygens (including phenoxy) is 2. The van der Waals surface area contributed by atoms with Gasteiger partial charge in [0.15, 0.2) is 5.69 Å². The lowest BCUT2D eigenvalue weighted by Crippen LogP contribution is -2.21. The number of methoxy groups -OCH3 is 1. The van der Waals surface area contributed by atoms with Gasteiger partial charge in [0.05, 0.1) is 37.3 Å². The predicted octanol–water partition coefficient (Wildman–Crippen LogP) is 4.85. The lowest BCUT2D eigenvalue weighted by Gasteiger charge is -2.16. The molecule has 1 saturated heterocycles. The fraction of sp³-hybridized carbons (Fsp3) is 0.423. The van der Waals surface area contributed by atoms with E-state index in [0.717, 1.165) is 31.4 Å². The lowest BCUT2D eigenvalue weighted by molar-refractivity contribution is 0.0580. The van der Waals surface area contributed by atoms with Crippen LogP contribution >= 0.6 is 0 Å². The van der Waals surface area contributed by atoms with E-state index >= 15 is 0 Å². The molecule has 8 nitrogen and oxygen atoms in total. The molecule has 1 amide bonds. The summed E-state index contributed by atoms with van der Waals surface area (Å²) >= 11 is 0. The van der Waals surface area contributed by atoms with E-state index in [2.05, 4.69) is 24.5 Å². The predicted molar refractivity (Wildman–Crippen MR) is 132 cm³/mol. The van der Waals surface area contributed by atoms with Crippen molar-refractivity contribution in [2.24, 2.45) is 0 Å². The summed E-state index contributed by atoms with van der Waals surface area (Å²) in [4.78, 5) is 30.8. The van der Waals surface area contributed by atoms with E-state index in [-0.39, 0.29) is 17.7 Å². The quantitative estimate of drug-likeness (QED) is 0.440. The van der Waals surface area contributed by atoms with Gasteiger partial charge in [-0.3, -0.25) is 4.79 Å². The first-order valence-corrected chi connectivity index (χ1v) is 11.9. The molecule has 2 N–H and O–H groups in total. The summed E-state index contributed by atoms with van der Waals surface area (Å²) in [7, 11) is 1.34. The van der Waals surface area contributed by atoms with Gasteiger partial charge in [-0.05, 0) is 43.9 Å². The second-order valence-corrected chi connectivity index (χ2v) is 8.53. The van der Waals surface area contributed by atoms with Gasteiger partial charge in [-0.1, -0.05) is 32.0 Å². The SMILES string of the molecule is CCC(CC)Nc1cnc2c(c1)c(NC(=O)c1ccccc1)c(C(=O)OC)n2C[C@@H]1CCCO1. The monoisotopic (exact) mass is 464 g/mol. The number of carbonyl (C=O) groups excluding carboxylic acids is 2. The van der Waals surface area contributed by atoms with Gasteiger partial charge in [-0.25, -0.2) is 9.78 Å². The number of rotatable bonds is 9. The Labute approximate surface area is 199 Å². The minimum absolute atomic E-state index is 0.0270. The van der Waals surface area contributed by atoms with Gasteiger partial charge in [-0.15, -0.1) is 0 Å². The summed E-state index contributed by atoms with van der Waals surface area (Å²) in [5.74, 6) is -0.839. The largest absolute Gasteiger partial charge is 0.464 e. The van der Waals surface area contributed by atoms with Crippen LogP contribution in [-0.2, 0) is 16.0 Å². The molecule has 2 aromatic heterocycles. The number of nitrogens with zero attached hydrogens (tertiary/aromatic N) is 2. The molecule has 180 valence electrons. The van der Waals surface area contributed by atoms with E-state index in [0.29, 0.717) is 41.5 Å². The van der Waals surface area contributed by atoms with Crippen LogP contribution in [0.15, 0.2) is 42.6 Å². The number of esters is 1. The van der Waals surface area contributed by atoms with Crippen molar-refractivity contribution < 1.29 is 19.1 Å². The molecule has 1 fully saturated rings. The number of carbonyl (C=O) groups is 2. The van der Waals surface area contributed by atoms with Crippen molar-refractivity contribution >= 4 is 34.3 Å². The average Bonchev–Trinajstić information content (AvgIpc) is 3.49. The van der Waals surface area contributed by atoms with Crippen LogP contribution in [0.2, 0.25) is 0 Å². The van der Waals surface area contributed by atoms with Crippen molar-refractivity contribution in [3.63, 3.8) is 0 Å². The number of fused-ring (bicyclic) bond motifs is 1. The molecule has 0 radical (unpaired) electrons. The molecule has 3 aromatic rings. The fourth-order valence-corrected chi connectivity index (χ4v) is 4.41. The topological polar surface area (TPSA) is 94.5 Å². The Morgan fingerprint density at radius 1 is 1.24 bits per heavy atom. The second-order valence-electron chi connectivity index (χ2n) is 8.53. The first-order chi connectivity index (χ1) is 16.5. The molecule has 0 bridgehead atoms. The zero-order valence-electron chi connectivity index (χ0n) is 20.0. The van der Waals surface area contributed by atoms with Crippen LogP contribution in [0, 0.1) is 0 Å². The Kier molecular flexibility index (Phi) is 7.47. The van der Waals surface area contributed by atoms with Crippen LogP contribution in [0.1, 0.15) is 60.4 Å². The van der Waals surface area contributed by atoms with Gasteiger partial charge < -0.3 is 24.7 Å². The molecule has 1 aliphatic heterocycles. The van der Waals surface area contributed by atoms with Crippen molar-refractivity contribution in [3.8, 4) is 0 Å². The van der Waals surface area contributed by atoms with Gasteiger partial charge in [0.25, 0.3) is 5.91 Å². The maximum atomic E-state index is 13.1. The minimum Gasteiger partial charge on any atom is -0.464 e. The van der Waals surface area contributed by atoms with Crippen LogP contribution in [0.5, 0.6) is 0 Å². The number of hydrogen-bond donors (Lipinski definition) is 2. The zero-order chi connectivity index (χ0) is 24.1. The second kappa shape index (κ2) is 10.7. The summed E-state index contributed by atoms with van der Waals surface area (Å²) in [6.45, 7) is 5.42. The molecular formula is C26H32N4O4. The Balaban J connectivity index is 1.84. The highest BCUT2D eigenvalue weighted by molar-refractivity contribution is 6.14. The Bertz CT molecular complexity index is 1150. The maximum absolute atomic E-state index is 13.1. The van der Waals surface area contributed by atoms with Gasteiger partial charge >= 0.3 is 5.97 Å². The average molecular weight is 465 g/mol. The van der Waals surface area contributed by atoms with Gasteiger partial charge in [0.2, 0.25) is 0 Å². The van der Waals surface area contributed by atoms with Crippen LogP contribution in [0.4, 0.5) is 11.4 Å². The van der Waals surface area contributed by atoms with Crippen molar-refractivity contribution in [2.75, 3.05) is 24.4 Å². The number of benzene rings is 1. The molecular weight excluding hydrogens is 432 g/mol. The van der Waals surface area contributed by atoms with Crippen LogP contribution in [0.25, 0.3) is 11.0 Å². The summed E-state index contributed by atoms with van der Waals surface area (Å²) < 4.78 is 12.8. The molecule has 0 saturated carbocycles. The van der Waals surface area contributed by atoms with E-state index in [1.807, 2.05) is 16.7 Å². The van der Waals surface area contributed by atoms with E-state index < -0.39 is 5.97 Å². The third-order valence-electron chi connectivity index (χ3n) is 6.32. The van der Waals surface area contributed by atoms with E-state index in [1.165, 1.54) is 7.11 Å². The number of pyridine rings is 1. The first kappa shape index (κ1) is 23.8. The van der Waals surface area contributed by atoms with Crippen molar-refractivity contribution in [2.45, 2.75) is 58.2 Å². The first-order valence-electron chi connectivity index (χ1n) is 11.9. The number of anilines is 2. The standard InChI is InChI=1S/C26H32N4O4/c1-4-18(5-2)28-19-14-21-22(29-25(31)17-10-7-6-8-11-17)23(26(32)33-3)30(24(21)27-15-19)16-20-12-9-13-34-20/h6-8,10-11,14-15,18,20,28H,4-5,9,12-13,16H2,1-3H3,(H,29,31)/t20-/m0/s1. The highest BCUT2D eigenvalue weighted by Crippen LogP contribution is 2.34. The van der Waals surface area contributed by atoms with Gasteiger partial charge in [-0.2, -0.15) is 0 Å². The summed E-state index contributed by atoms with van der Waals surface area (Å²) in [6, 6.07) is 11.2. The Morgan fingerprint density at radius 2 is 2.00 bits per heavy atom. The highest BCUT2D eigenvalue weighted by atomic mass is 16.5. The van der Waals surface area contributed by atoms with Gasteiger partial charge in [0.1, 0.15) is 5.65 Å². The molecule has 4 rings (SSSR count). The Morgan fingerprint density at radius 3 is 2.65 bits per heavy atom. The molecule has 1 aliphatic rings. The third-order valence-corrected chi connectivity index (χ3v) is 6.32. The fourth-order valence-electron chi connectivity index (χ4n) is 4.41. The minimum atomic E-state index is -0.533. The summed E-state index contributed by atoms with van der Waals surface area (Å²) in [5, 5.41) is 7.15. The molecule has 34 heavy (non-hydrogen) atoms. The van der Waals surface area contributed by atoms with Crippen molar-refractivity contribution in [3.05, 3.63) is 53.9 Å².